The summed E-state index contributed by atoms with van der Waals surface area (Å²) in [6.45, 7) is 2.23. The topological polar surface area (TPSA) is 126 Å². The van der Waals surface area contributed by atoms with E-state index in [0.717, 1.165) is 5.56 Å². The van der Waals surface area contributed by atoms with Gasteiger partial charge in [0.05, 0.1) is 22.3 Å². The Bertz CT molecular complexity index is 1110. The number of nitrogens with zero attached hydrogens (tertiary/aromatic N) is 1. The van der Waals surface area contributed by atoms with Crippen molar-refractivity contribution in [2.24, 2.45) is 0 Å². The molecular formula is C19H19N3O6S. The molecule has 2 N–H and O–H groups in total. The largest absolute Gasteiger partial charge is 0.459 e. The smallest absolute Gasteiger partial charge is 0.287 e. The molecule has 2 aliphatic rings. The van der Waals surface area contributed by atoms with E-state index in [1.54, 1.807) is 13.0 Å². The van der Waals surface area contributed by atoms with Gasteiger partial charge in [0, 0.05) is 24.7 Å². The van der Waals surface area contributed by atoms with Gasteiger partial charge in [0.25, 0.3) is 17.7 Å². The maximum absolute atomic E-state index is 12.9. The van der Waals surface area contributed by atoms with Crippen molar-refractivity contribution in [2.45, 2.75) is 30.7 Å². The van der Waals surface area contributed by atoms with Gasteiger partial charge in [-0.2, -0.15) is 4.31 Å². The quantitative estimate of drug-likeness (QED) is 0.717. The molecule has 3 amide bonds. The van der Waals surface area contributed by atoms with Crippen molar-refractivity contribution in [3.8, 4) is 0 Å². The summed E-state index contributed by atoms with van der Waals surface area (Å²) in [7, 11) is -3.82. The Balaban J connectivity index is 1.44. The van der Waals surface area contributed by atoms with E-state index < -0.39 is 21.8 Å². The van der Waals surface area contributed by atoms with Crippen LogP contribution in [0.25, 0.3) is 0 Å². The van der Waals surface area contributed by atoms with Crippen LogP contribution in [0, 0.1) is 6.92 Å². The minimum absolute atomic E-state index is 0.0326. The highest BCUT2D eigenvalue weighted by Gasteiger charge is 2.33. The lowest BCUT2D eigenvalue weighted by atomic mass is 10.1. The van der Waals surface area contributed by atoms with Gasteiger partial charge in [0.15, 0.2) is 5.76 Å². The van der Waals surface area contributed by atoms with Crippen LogP contribution in [0.15, 0.2) is 39.8 Å². The Morgan fingerprint density at radius 3 is 2.48 bits per heavy atom. The highest BCUT2D eigenvalue weighted by Crippen LogP contribution is 2.25. The van der Waals surface area contributed by atoms with Gasteiger partial charge in [-0.3, -0.25) is 19.7 Å². The van der Waals surface area contributed by atoms with Crippen molar-refractivity contribution < 1.29 is 27.2 Å². The molecule has 0 unspecified atom stereocenters. The first-order chi connectivity index (χ1) is 13.8. The van der Waals surface area contributed by atoms with Crippen molar-refractivity contribution in [1.82, 2.24) is 14.9 Å². The number of hydrogen-bond donors (Lipinski definition) is 2. The van der Waals surface area contributed by atoms with Gasteiger partial charge in [-0.05, 0) is 44.0 Å². The molecular weight excluding hydrogens is 398 g/mol. The third-order valence-electron chi connectivity index (χ3n) is 5.20. The van der Waals surface area contributed by atoms with Gasteiger partial charge in [-0.1, -0.05) is 0 Å². The molecule has 152 valence electrons. The van der Waals surface area contributed by atoms with Crippen molar-refractivity contribution in [3.63, 3.8) is 0 Å². The molecule has 0 saturated carbocycles. The SMILES string of the molecule is Cc1ccoc1C(=O)NC1CCN(S(=O)(=O)c2ccc3c(c2)C(=O)NC3=O)CC1. The lowest BCUT2D eigenvalue weighted by Gasteiger charge is -2.31. The molecule has 1 aromatic carbocycles. The van der Waals surface area contributed by atoms with Gasteiger partial charge in [0.2, 0.25) is 10.0 Å². The van der Waals surface area contributed by atoms with E-state index >= 15 is 0 Å². The fourth-order valence-electron chi connectivity index (χ4n) is 3.55. The van der Waals surface area contributed by atoms with Crippen molar-refractivity contribution >= 4 is 27.7 Å². The maximum Gasteiger partial charge on any atom is 0.287 e. The minimum Gasteiger partial charge on any atom is -0.459 e. The summed E-state index contributed by atoms with van der Waals surface area (Å²) in [4.78, 5) is 35.7. The van der Waals surface area contributed by atoms with Crippen LogP contribution in [-0.2, 0) is 10.0 Å². The molecule has 0 atom stereocenters. The van der Waals surface area contributed by atoms with Crippen LogP contribution in [0.5, 0.6) is 0 Å². The number of piperidine rings is 1. The molecule has 10 heteroatoms. The first-order valence-electron chi connectivity index (χ1n) is 9.12. The number of fused-ring (bicyclic) bond motifs is 1. The molecule has 2 aliphatic heterocycles. The molecule has 0 bridgehead atoms. The summed E-state index contributed by atoms with van der Waals surface area (Å²) < 4.78 is 32.4. The van der Waals surface area contributed by atoms with Crippen LogP contribution in [-0.4, -0.2) is 49.6 Å². The van der Waals surface area contributed by atoms with Gasteiger partial charge in [0.1, 0.15) is 0 Å². The molecule has 2 aromatic rings. The molecule has 0 spiro atoms. The molecule has 1 aromatic heterocycles. The fourth-order valence-corrected chi connectivity index (χ4v) is 5.05. The van der Waals surface area contributed by atoms with Crippen LogP contribution < -0.4 is 10.6 Å². The first-order valence-corrected chi connectivity index (χ1v) is 10.6. The van der Waals surface area contributed by atoms with Crippen molar-refractivity contribution in [3.05, 3.63) is 53.0 Å². The summed E-state index contributed by atoms with van der Waals surface area (Å²) >= 11 is 0. The number of carbonyl (C=O) groups excluding carboxylic acids is 3. The number of carbonyl (C=O) groups is 3. The van der Waals surface area contributed by atoms with Crippen LogP contribution >= 0.6 is 0 Å². The zero-order chi connectivity index (χ0) is 20.8. The lowest BCUT2D eigenvalue weighted by molar-refractivity contribution is 0.0873. The number of amides is 3. The third kappa shape index (κ3) is 3.45. The van der Waals surface area contributed by atoms with E-state index in [9.17, 15) is 22.8 Å². The predicted molar refractivity (Wildman–Crippen MR) is 101 cm³/mol. The predicted octanol–water partition coefficient (Wildman–Crippen LogP) is 1.05. The van der Waals surface area contributed by atoms with E-state index in [-0.39, 0.29) is 46.8 Å². The van der Waals surface area contributed by atoms with Crippen molar-refractivity contribution in [2.75, 3.05) is 13.1 Å². The Hall–Kier alpha value is -2.98. The molecule has 4 rings (SSSR count). The maximum atomic E-state index is 12.9. The Labute approximate surface area is 167 Å². The second-order valence-electron chi connectivity index (χ2n) is 7.08. The number of benzene rings is 1. The van der Waals surface area contributed by atoms with Crippen LogP contribution in [0.2, 0.25) is 0 Å². The third-order valence-corrected chi connectivity index (χ3v) is 7.10. The number of aryl methyl sites for hydroxylation is 1. The van der Waals surface area contributed by atoms with Crippen molar-refractivity contribution in [1.29, 1.82) is 0 Å². The summed E-state index contributed by atoms with van der Waals surface area (Å²) in [6, 6.07) is 5.45. The number of nitrogens with one attached hydrogen (secondary N) is 2. The average molecular weight is 417 g/mol. The second-order valence-corrected chi connectivity index (χ2v) is 9.01. The van der Waals surface area contributed by atoms with Crippen LogP contribution in [0.4, 0.5) is 0 Å². The van der Waals surface area contributed by atoms with Crippen LogP contribution in [0.3, 0.4) is 0 Å². The number of sulfonamides is 1. The zero-order valence-corrected chi connectivity index (χ0v) is 16.4. The van der Waals surface area contributed by atoms with Crippen LogP contribution in [0.1, 0.15) is 49.7 Å². The summed E-state index contributed by atoms with van der Waals surface area (Å²) in [5.41, 5.74) is 0.970. The Morgan fingerprint density at radius 2 is 1.83 bits per heavy atom. The average Bonchev–Trinajstić information content (AvgIpc) is 3.25. The highest BCUT2D eigenvalue weighted by molar-refractivity contribution is 7.89. The van der Waals surface area contributed by atoms with Gasteiger partial charge in [-0.25, -0.2) is 8.42 Å². The molecule has 1 fully saturated rings. The molecule has 3 heterocycles. The Kier molecular flexibility index (Phi) is 4.75. The minimum atomic E-state index is -3.82. The molecule has 0 aliphatic carbocycles. The number of rotatable bonds is 4. The van der Waals surface area contributed by atoms with E-state index in [2.05, 4.69) is 10.6 Å². The zero-order valence-electron chi connectivity index (χ0n) is 15.6. The lowest BCUT2D eigenvalue weighted by Crippen LogP contribution is -2.46. The monoisotopic (exact) mass is 417 g/mol. The fraction of sp³-hybridized carbons (Fsp3) is 0.316. The van der Waals surface area contributed by atoms with Gasteiger partial charge in [-0.15, -0.1) is 0 Å². The van der Waals surface area contributed by atoms with Gasteiger partial charge < -0.3 is 9.73 Å². The number of hydrogen-bond acceptors (Lipinski definition) is 6. The van der Waals surface area contributed by atoms with Gasteiger partial charge >= 0.3 is 0 Å². The Morgan fingerprint density at radius 1 is 1.14 bits per heavy atom. The summed E-state index contributed by atoms with van der Waals surface area (Å²) in [6.07, 6.45) is 2.35. The highest BCUT2D eigenvalue weighted by atomic mass is 32.2. The number of imide groups is 1. The molecule has 9 nitrogen and oxygen atoms in total. The standard InChI is InChI=1S/C19H19N3O6S/c1-11-6-9-28-16(11)19(25)20-12-4-7-22(8-5-12)29(26,27)13-2-3-14-15(10-13)18(24)21-17(14)23/h2-3,6,9-10,12H,4-5,7-8H2,1H3,(H,20,25)(H,21,23,24). The summed E-state index contributed by atoms with van der Waals surface area (Å²) in [5, 5.41) is 5.02. The summed E-state index contributed by atoms with van der Waals surface area (Å²) in [5.74, 6) is -1.19. The van der Waals surface area contributed by atoms with E-state index in [1.807, 2.05) is 0 Å². The second kappa shape index (κ2) is 7.12. The van der Waals surface area contributed by atoms with E-state index in [0.29, 0.717) is 12.8 Å². The molecule has 0 radical (unpaired) electrons. The molecule has 29 heavy (non-hydrogen) atoms. The molecule has 1 saturated heterocycles. The van der Waals surface area contributed by atoms with E-state index in [4.69, 9.17) is 4.42 Å². The first kappa shape index (κ1) is 19.3. The van der Waals surface area contributed by atoms with E-state index in [1.165, 1.54) is 28.8 Å². The normalized spacial score (nSPS) is 17.8. The number of furan rings is 1.